The van der Waals surface area contributed by atoms with E-state index >= 15 is 0 Å². The van der Waals surface area contributed by atoms with Crippen molar-refractivity contribution in [2.75, 3.05) is 7.11 Å². The lowest BCUT2D eigenvalue weighted by Gasteiger charge is -1.91. The number of methoxy groups -OCH3 is 1. The smallest absolute Gasteiger partial charge is 0.222 e. The molecule has 0 fully saturated rings. The molecular weight excluding hydrogens is 121 g/mol. The number of hydrogen-bond acceptors (Lipinski definition) is 1. The molecule has 48 valence electrons. The van der Waals surface area contributed by atoms with Crippen molar-refractivity contribution >= 4 is 0 Å². The monoisotopic (exact) mass is 128 g/mol. The lowest BCUT2D eigenvalue weighted by Crippen LogP contribution is -2.19. The summed E-state index contributed by atoms with van der Waals surface area (Å²) in [4.78, 5) is 0.461. The van der Waals surface area contributed by atoms with Gasteiger partial charge in [-0.2, -0.15) is 0 Å². The van der Waals surface area contributed by atoms with Crippen molar-refractivity contribution in [3.8, 4) is 5.75 Å². The Kier molecular flexibility index (Phi) is 1.63. The number of nitrogens with zero attached hydrogens (tertiary/aromatic N) is 1. The highest BCUT2D eigenvalue weighted by Gasteiger charge is 1.95. The molecule has 2 nitrogen and oxygen atoms in total. The Morgan fingerprint density at radius 1 is 1.44 bits per heavy atom. The fourth-order valence-corrected chi connectivity index (χ4v) is 0.531. The molecule has 0 spiro atoms. The maximum Gasteiger partial charge on any atom is 0.222 e. The molecule has 0 unspecified atom stereocenters. The van der Waals surface area contributed by atoms with Crippen molar-refractivity contribution in [1.29, 1.82) is 0 Å². The van der Waals surface area contributed by atoms with Crippen LogP contribution in [-0.2, 0) is 0 Å². The van der Waals surface area contributed by atoms with Crippen molar-refractivity contribution in [2.45, 2.75) is 0 Å². The van der Waals surface area contributed by atoms with Crippen molar-refractivity contribution in [3.63, 3.8) is 0 Å². The van der Waals surface area contributed by atoms with Crippen molar-refractivity contribution < 1.29 is 14.0 Å². The van der Waals surface area contributed by atoms with Gasteiger partial charge in [0.2, 0.25) is 12.4 Å². The number of aromatic nitrogens is 1. The fourth-order valence-electron chi connectivity index (χ4n) is 0.531. The molecule has 0 saturated carbocycles. The lowest BCUT2D eigenvalue weighted by molar-refractivity contribution is -0.843. The highest BCUT2D eigenvalue weighted by Crippen LogP contribution is 2.03. The molecule has 0 atom stereocenters. The van der Waals surface area contributed by atoms with Gasteiger partial charge in [0.15, 0.2) is 0 Å². The first-order valence-corrected chi connectivity index (χ1v) is 2.54. The van der Waals surface area contributed by atoms with E-state index in [4.69, 9.17) is 4.74 Å². The summed E-state index contributed by atoms with van der Waals surface area (Å²) in [6.07, 6.45) is 2.55. The van der Waals surface area contributed by atoms with E-state index in [1.165, 1.54) is 19.5 Å². The molecular formula is C6H7FNO+. The molecule has 1 aromatic heterocycles. The fraction of sp³-hybridized carbons (Fsp3) is 0.167. The third-order valence-electron chi connectivity index (χ3n) is 0.998. The standard InChI is InChI=1S/C6H7FNO/c1-9-6-2-4-8(7)5-3-6/h2-5H,1H3/q+1. The molecule has 0 aromatic carbocycles. The molecule has 1 heterocycles. The molecule has 1 aromatic rings. The minimum Gasteiger partial charge on any atom is -0.496 e. The average molecular weight is 128 g/mol. The molecule has 0 radical (unpaired) electrons. The first-order valence-electron chi connectivity index (χ1n) is 2.54. The van der Waals surface area contributed by atoms with Crippen LogP contribution in [0.15, 0.2) is 24.5 Å². The minimum absolute atomic E-state index is 0.461. The van der Waals surface area contributed by atoms with Gasteiger partial charge >= 0.3 is 0 Å². The number of rotatable bonds is 1. The molecule has 0 N–H and O–H groups in total. The summed E-state index contributed by atoms with van der Waals surface area (Å²) in [5.41, 5.74) is 0. The van der Waals surface area contributed by atoms with Crippen LogP contribution >= 0.6 is 0 Å². The molecule has 9 heavy (non-hydrogen) atoms. The lowest BCUT2D eigenvalue weighted by atomic mass is 10.5. The third-order valence-corrected chi connectivity index (χ3v) is 0.998. The molecule has 1 rings (SSSR count). The highest BCUT2D eigenvalue weighted by molar-refractivity contribution is 5.13. The van der Waals surface area contributed by atoms with E-state index in [1.807, 2.05) is 0 Å². The van der Waals surface area contributed by atoms with Crippen molar-refractivity contribution in [1.82, 2.24) is 0 Å². The van der Waals surface area contributed by atoms with Crippen LogP contribution < -0.4 is 9.53 Å². The maximum absolute atomic E-state index is 12.1. The Morgan fingerprint density at radius 2 is 2.00 bits per heavy atom. The second-order valence-electron chi connectivity index (χ2n) is 1.58. The number of ether oxygens (including phenoxy) is 1. The quantitative estimate of drug-likeness (QED) is 0.543. The predicted molar refractivity (Wildman–Crippen MR) is 29.7 cm³/mol. The minimum atomic E-state index is 0.461. The molecule has 0 amide bonds. The van der Waals surface area contributed by atoms with Gasteiger partial charge in [0.1, 0.15) is 5.75 Å². The Labute approximate surface area is 52.4 Å². The van der Waals surface area contributed by atoms with Gasteiger partial charge in [0, 0.05) is 16.9 Å². The molecule has 0 aliphatic rings. The van der Waals surface area contributed by atoms with Crippen LogP contribution in [0.2, 0.25) is 0 Å². The number of pyridine rings is 1. The van der Waals surface area contributed by atoms with E-state index in [1.54, 1.807) is 12.1 Å². The van der Waals surface area contributed by atoms with Gasteiger partial charge in [-0.15, -0.1) is 0 Å². The number of hydrogen-bond donors (Lipinski definition) is 0. The third kappa shape index (κ3) is 1.38. The van der Waals surface area contributed by atoms with E-state index in [0.717, 1.165) is 0 Å². The zero-order chi connectivity index (χ0) is 6.69. The van der Waals surface area contributed by atoms with Gasteiger partial charge in [0.05, 0.1) is 11.6 Å². The Hall–Kier alpha value is -1.12. The van der Waals surface area contributed by atoms with Gasteiger partial charge in [-0.25, -0.2) is 0 Å². The maximum atomic E-state index is 12.1. The number of halogens is 1. The summed E-state index contributed by atoms with van der Waals surface area (Å²) >= 11 is 0. The van der Waals surface area contributed by atoms with Crippen LogP contribution in [-0.4, -0.2) is 7.11 Å². The molecule has 0 saturated heterocycles. The van der Waals surface area contributed by atoms with Crippen molar-refractivity contribution in [2.24, 2.45) is 0 Å². The zero-order valence-electron chi connectivity index (χ0n) is 5.04. The van der Waals surface area contributed by atoms with Crippen LogP contribution in [0.4, 0.5) is 4.48 Å². The van der Waals surface area contributed by atoms with Crippen molar-refractivity contribution in [3.05, 3.63) is 24.5 Å². The molecule has 0 bridgehead atoms. The van der Waals surface area contributed by atoms with Crippen LogP contribution in [0.1, 0.15) is 0 Å². The molecule has 0 aliphatic carbocycles. The van der Waals surface area contributed by atoms with Gasteiger partial charge in [-0.3, -0.25) is 0 Å². The second kappa shape index (κ2) is 2.44. The van der Waals surface area contributed by atoms with E-state index < -0.39 is 0 Å². The Bertz CT molecular complexity index is 185. The van der Waals surface area contributed by atoms with Crippen LogP contribution in [0.5, 0.6) is 5.75 Å². The Balaban J connectivity index is 2.88. The van der Waals surface area contributed by atoms with Gasteiger partial charge in [-0.1, -0.05) is 0 Å². The summed E-state index contributed by atoms with van der Waals surface area (Å²) in [6.45, 7) is 0. The SMILES string of the molecule is COc1cc[n+](F)cc1. The van der Waals surface area contributed by atoms with Gasteiger partial charge in [0.25, 0.3) is 0 Å². The van der Waals surface area contributed by atoms with E-state index in [-0.39, 0.29) is 0 Å². The highest BCUT2D eigenvalue weighted by atomic mass is 19.2. The summed E-state index contributed by atoms with van der Waals surface area (Å²) in [5.74, 6) is 0.656. The first kappa shape index (κ1) is 6.01. The van der Waals surface area contributed by atoms with E-state index in [9.17, 15) is 4.48 Å². The predicted octanol–water partition coefficient (Wildman–Crippen LogP) is 0.715. The first-order chi connectivity index (χ1) is 4.33. The topological polar surface area (TPSA) is 13.1 Å². The van der Waals surface area contributed by atoms with Crippen LogP contribution in [0, 0.1) is 0 Å². The summed E-state index contributed by atoms with van der Waals surface area (Å²) in [7, 11) is 1.54. The summed E-state index contributed by atoms with van der Waals surface area (Å²) in [6, 6.07) is 3.08. The summed E-state index contributed by atoms with van der Waals surface area (Å²) in [5, 5.41) is 0. The van der Waals surface area contributed by atoms with Crippen LogP contribution in [0.25, 0.3) is 0 Å². The Morgan fingerprint density at radius 3 is 2.44 bits per heavy atom. The second-order valence-corrected chi connectivity index (χ2v) is 1.58. The largest absolute Gasteiger partial charge is 0.496 e. The van der Waals surface area contributed by atoms with Gasteiger partial charge < -0.3 is 4.74 Å². The molecule has 0 aliphatic heterocycles. The normalized spacial score (nSPS) is 9.11. The van der Waals surface area contributed by atoms with E-state index in [0.29, 0.717) is 10.5 Å². The zero-order valence-corrected chi connectivity index (χ0v) is 5.04. The van der Waals surface area contributed by atoms with Crippen LogP contribution in [0.3, 0.4) is 0 Å². The molecule has 3 heteroatoms. The van der Waals surface area contributed by atoms with Gasteiger partial charge in [-0.05, 0) is 0 Å². The average Bonchev–Trinajstić information content (AvgIpc) is 1.90. The van der Waals surface area contributed by atoms with E-state index in [2.05, 4.69) is 0 Å². The summed E-state index contributed by atoms with van der Waals surface area (Å²) < 4.78 is 16.9.